The van der Waals surface area contributed by atoms with Crippen LogP contribution in [0.25, 0.3) is 0 Å². The van der Waals surface area contributed by atoms with Crippen LogP contribution in [-0.2, 0) is 16.6 Å². The van der Waals surface area contributed by atoms with Crippen LogP contribution >= 0.6 is 0 Å². The Hall–Kier alpha value is -2.00. The average molecular weight is 338 g/mol. The van der Waals surface area contributed by atoms with E-state index in [1.54, 1.807) is 19.9 Å². The van der Waals surface area contributed by atoms with Crippen molar-refractivity contribution in [2.75, 3.05) is 6.54 Å². The Morgan fingerprint density at radius 1 is 1.39 bits per heavy atom. The van der Waals surface area contributed by atoms with Crippen molar-refractivity contribution in [1.82, 2.24) is 19.2 Å². The first-order valence-corrected chi connectivity index (χ1v) is 8.82. The first-order chi connectivity index (χ1) is 10.9. The SMILES string of the molecule is Cc1noc(C)c1S(=O)(=O)N1CCCC1Cn1ncccc1=O. The van der Waals surface area contributed by atoms with Gasteiger partial charge in [-0.3, -0.25) is 4.79 Å². The molecule has 1 aliphatic heterocycles. The van der Waals surface area contributed by atoms with Gasteiger partial charge in [-0.05, 0) is 32.8 Å². The predicted molar refractivity (Wildman–Crippen MR) is 81.4 cm³/mol. The highest BCUT2D eigenvalue weighted by Crippen LogP contribution is 2.30. The molecule has 3 heterocycles. The number of nitrogens with zero attached hydrogens (tertiary/aromatic N) is 4. The van der Waals surface area contributed by atoms with E-state index in [4.69, 9.17) is 4.52 Å². The summed E-state index contributed by atoms with van der Waals surface area (Å²) in [5.74, 6) is 0.281. The van der Waals surface area contributed by atoms with E-state index in [1.807, 2.05) is 0 Å². The molecule has 3 rings (SSSR count). The molecule has 0 bridgehead atoms. The lowest BCUT2D eigenvalue weighted by atomic mass is 10.2. The molecular weight excluding hydrogens is 320 g/mol. The topological polar surface area (TPSA) is 98.3 Å². The molecule has 0 amide bonds. The third kappa shape index (κ3) is 2.81. The first-order valence-electron chi connectivity index (χ1n) is 7.38. The Morgan fingerprint density at radius 3 is 2.83 bits per heavy atom. The summed E-state index contributed by atoms with van der Waals surface area (Å²) in [6.45, 7) is 3.85. The molecular formula is C14H18N4O4S. The van der Waals surface area contributed by atoms with Crippen molar-refractivity contribution in [1.29, 1.82) is 0 Å². The smallest absolute Gasteiger partial charge is 0.266 e. The monoisotopic (exact) mass is 338 g/mol. The Kier molecular flexibility index (Phi) is 4.07. The summed E-state index contributed by atoms with van der Waals surface area (Å²) in [6.07, 6.45) is 2.95. The highest BCUT2D eigenvalue weighted by atomic mass is 32.2. The Bertz CT molecular complexity index is 851. The minimum atomic E-state index is -3.70. The lowest BCUT2D eigenvalue weighted by Crippen LogP contribution is -2.40. The zero-order valence-corrected chi connectivity index (χ0v) is 13.8. The van der Waals surface area contributed by atoms with E-state index in [0.29, 0.717) is 18.7 Å². The molecule has 2 aromatic heterocycles. The van der Waals surface area contributed by atoms with Gasteiger partial charge in [0, 0.05) is 24.8 Å². The van der Waals surface area contributed by atoms with Crippen LogP contribution in [-0.4, -0.2) is 40.2 Å². The summed E-state index contributed by atoms with van der Waals surface area (Å²) in [6, 6.07) is 2.67. The molecule has 1 fully saturated rings. The van der Waals surface area contributed by atoms with Crippen LogP contribution in [0.2, 0.25) is 0 Å². The van der Waals surface area contributed by atoms with Crippen molar-refractivity contribution in [2.24, 2.45) is 0 Å². The minimum Gasteiger partial charge on any atom is -0.360 e. The summed E-state index contributed by atoms with van der Waals surface area (Å²) in [7, 11) is -3.70. The van der Waals surface area contributed by atoms with Gasteiger partial charge in [0.05, 0.1) is 6.54 Å². The van der Waals surface area contributed by atoms with Crippen molar-refractivity contribution < 1.29 is 12.9 Å². The third-order valence-corrected chi connectivity index (χ3v) is 6.22. The molecule has 124 valence electrons. The number of aromatic nitrogens is 3. The molecule has 0 aromatic carbocycles. The van der Waals surface area contributed by atoms with E-state index in [-0.39, 0.29) is 28.8 Å². The maximum absolute atomic E-state index is 12.9. The summed E-state index contributed by atoms with van der Waals surface area (Å²) < 4.78 is 33.6. The number of aryl methyl sites for hydroxylation is 2. The van der Waals surface area contributed by atoms with E-state index in [1.165, 1.54) is 21.3 Å². The summed E-state index contributed by atoms with van der Waals surface area (Å²) in [5, 5.41) is 7.74. The molecule has 0 radical (unpaired) electrons. The summed E-state index contributed by atoms with van der Waals surface area (Å²) in [5.41, 5.74) is 0.109. The van der Waals surface area contributed by atoms with Crippen LogP contribution in [0.1, 0.15) is 24.3 Å². The summed E-state index contributed by atoms with van der Waals surface area (Å²) >= 11 is 0. The Labute approximate surface area is 133 Å². The van der Waals surface area contributed by atoms with Crippen molar-refractivity contribution in [3.63, 3.8) is 0 Å². The number of sulfonamides is 1. The Morgan fingerprint density at radius 2 is 2.17 bits per heavy atom. The van der Waals surface area contributed by atoms with E-state index in [2.05, 4.69) is 10.3 Å². The fourth-order valence-electron chi connectivity index (χ4n) is 2.99. The van der Waals surface area contributed by atoms with Gasteiger partial charge in [-0.1, -0.05) is 5.16 Å². The van der Waals surface area contributed by atoms with Crippen LogP contribution in [0.4, 0.5) is 0 Å². The maximum Gasteiger partial charge on any atom is 0.266 e. The van der Waals surface area contributed by atoms with Gasteiger partial charge in [0.1, 0.15) is 10.6 Å². The van der Waals surface area contributed by atoms with Gasteiger partial charge in [-0.2, -0.15) is 9.40 Å². The van der Waals surface area contributed by atoms with Crippen molar-refractivity contribution in [2.45, 2.75) is 44.2 Å². The lowest BCUT2D eigenvalue weighted by Gasteiger charge is -2.24. The zero-order chi connectivity index (χ0) is 16.6. The van der Waals surface area contributed by atoms with Crippen LogP contribution in [0, 0.1) is 13.8 Å². The van der Waals surface area contributed by atoms with Crippen LogP contribution in [0.3, 0.4) is 0 Å². The molecule has 8 nitrogen and oxygen atoms in total. The molecule has 2 aromatic rings. The quantitative estimate of drug-likeness (QED) is 0.814. The largest absolute Gasteiger partial charge is 0.360 e. The maximum atomic E-state index is 12.9. The predicted octanol–water partition coefficient (Wildman–Crippen LogP) is 0.701. The van der Waals surface area contributed by atoms with Gasteiger partial charge >= 0.3 is 0 Å². The fourth-order valence-corrected chi connectivity index (χ4v) is 4.97. The normalized spacial score (nSPS) is 19.3. The van der Waals surface area contributed by atoms with Crippen LogP contribution in [0.5, 0.6) is 0 Å². The third-order valence-electron chi connectivity index (χ3n) is 4.03. The van der Waals surface area contributed by atoms with Crippen LogP contribution < -0.4 is 5.56 Å². The molecule has 23 heavy (non-hydrogen) atoms. The molecule has 1 aliphatic rings. The lowest BCUT2D eigenvalue weighted by molar-refractivity contribution is 0.334. The van der Waals surface area contributed by atoms with Gasteiger partial charge < -0.3 is 4.52 Å². The molecule has 9 heteroatoms. The molecule has 1 unspecified atom stereocenters. The fraction of sp³-hybridized carbons (Fsp3) is 0.500. The molecule has 0 saturated carbocycles. The van der Waals surface area contributed by atoms with E-state index in [0.717, 1.165) is 6.42 Å². The Balaban J connectivity index is 1.93. The second-order valence-electron chi connectivity index (χ2n) is 5.61. The van der Waals surface area contributed by atoms with Gasteiger partial charge in [-0.25, -0.2) is 13.1 Å². The first kappa shape index (κ1) is 15.9. The van der Waals surface area contributed by atoms with Gasteiger partial charge in [0.2, 0.25) is 10.0 Å². The van der Waals surface area contributed by atoms with Gasteiger partial charge in [0.25, 0.3) is 5.56 Å². The van der Waals surface area contributed by atoms with E-state index < -0.39 is 10.0 Å². The number of rotatable bonds is 4. The average Bonchev–Trinajstić information content (AvgIpc) is 3.09. The van der Waals surface area contributed by atoms with Crippen LogP contribution in [0.15, 0.2) is 32.5 Å². The zero-order valence-electron chi connectivity index (χ0n) is 13.0. The van der Waals surface area contributed by atoms with Gasteiger partial charge in [-0.15, -0.1) is 0 Å². The summed E-state index contributed by atoms with van der Waals surface area (Å²) in [4.78, 5) is 11.9. The van der Waals surface area contributed by atoms with Crippen molar-refractivity contribution in [3.05, 3.63) is 40.1 Å². The van der Waals surface area contributed by atoms with Gasteiger partial charge in [0.15, 0.2) is 5.76 Å². The standard InChI is InChI=1S/C14H18N4O4S/c1-10-14(11(2)22-16-10)23(20,21)18-8-4-5-12(18)9-17-13(19)6-3-7-15-17/h3,6-7,12H,4-5,8-9H2,1-2H3. The molecule has 0 N–H and O–H groups in total. The second kappa shape index (κ2) is 5.89. The van der Waals surface area contributed by atoms with E-state index >= 15 is 0 Å². The highest BCUT2D eigenvalue weighted by molar-refractivity contribution is 7.89. The highest BCUT2D eigenvalue weighted by Gasteiger charge is 2.38. The molecule has 1 saturated heterocycles. The molecule has 0 aliphatic carbocycles. The second-order valence-corrected chi connectivity index (χ2v) is 7.44. The van der Waals surface area contributed by atoms with Crippen molar-refractivity contribution >= 4 is 10.0 Å². The van der Waals surface area contributed by atoms with E-state index in [9.17, 15) is 13.2 Å². The number of hydrogen-bond donors (Lipinski definition) is 0. The molecule has 0 spiro atoms. The molecule has 1 atom stereocenters. The van der Waals surface area contributed by atoms with Crippen molar-refractivity contribution in [3.8, 4) is 0 Å². The minimum absolute atomic E-state index is 0.123. The number of hydrogen-bond acceptors (Lipinski definition) is 6.